The second-order valence-corrected chi connectivity index (χ2v) is 10.4. The van der Waals surface area contributed by atoms with Gasteiger partial charge in [0.1, 0.15) is 12.6 Å². The highest BCUT2D eigenvalue weighted by Crippen LogP contribution is 2.25. The maximum Gasteiger partial charge on any atom is 0.244 e. The number of anilines is 1. The van der Waals surface area contributed by atoms with Gasteiger partial charge in [-0.2, -0.15) is 0 Å². The van der Waals surface area contributed by atoms with Gasteiger partial charge in [-0.15, -0.1) is 0 Å². The van der Waals surface area contributed by atoms with Crippen LogP contribution < -0.4 is 9.62 Å². The van der Waals surface area contributed by atoms with E-state index >= 15 is 0 Å². The van der Waals surface area contributed by atoms with E-state index < -0.39 is 28.5 Å². The first-order valence-corrected chi connectivity index (χ1v) is 13.1. The molecule has 0 aliphatic carbocycles. The number of sulfonamides is 1. The molecule has 1 atom stereocenters. The predicted molar refractivity (Wildman–Crippen MR) is 133 cm³/mol. The molecule has 0 fully saturated rings. The molecule has 180 valence electrons. The van der Waals surface area contributed by atoms with Crippen LogP contribution in [0.1, 0.15) is 31.4 Å². The zero-order valence-corrected chi connectivity index (χ0v) is 21.5. The number of carbonyl (C=O) groups excluding carboxylic acids is 2. The van der Waals surface area contributed by atoms with Crippen LogP contribution in [0.2, 0.25) is 10.0 Å². The summed E-state index contributed by atoms with van der Waals surface area (Å²) in [6, 6.07) is 11.0. The highest BCUT2D eigenvalue weighted by atomic mass is 35.5. The summed E-state index contributed by atoms with van der Waals surface area (Å²) < 4.78 is 26.2. The molecule has 0 aliphatic heterocycles. The number of aryl methyl sites for hydroxylation is 1. The van der Waals surface area contributed by atoms with Crippen molar-refractivity contribution in [2.45, 2.75) is 39.8 Å². The van der Waals surface area contributed by atoms with Crippen LogP contribution in [0, 0.1) is 6.92 Å². The summed E-state index contributed by atoms with van der Waals surface area (Å²) in [5.74, 6) is -0.842. The summed E-state index contributed by atoms with van der Waals surface area (Å²) in [7, 11) is -3.77. The number of hydrogen-bond acceptors (Lipinski definition) is 4. The standard InChI is InChI=1S/C23H29Cl2N3O4S/c1-5-21(23(30)26-6-2)27(14-17-10-11-18(24)13-20(17)25)22(29)15-28(33(4,31)32)19-9-7-8-16(3)12-19/h7-13,21H,5-6,14-15H2,1-4H3,(H,26,30). The Labute approximate surface area is 205 Å². The van der Waals surface area contributed by atoms with Gasteiger partial charge in [-0.05, 0) is 55.7 Å². The van der Waals surface area contributed by atoms with Crippen LogP contribution in [0.3, 0.4) is 0 Å². The molecule has 2 aromatic rings. The van der Waals surface area contributed by atoms with Gasteiger partial charge < -0.3 is 10.2 Å². The van der Waals surface area contributed by atoms with E-state index in [9.17, 15) is 18.0 Å². The lowest BCUT2D eigenvalue weighted by Gasteiger charge is -2.33. The molecule has 1 N–H and O–H groups in total. The number of nitrogens with one attached hydrogen (secondary N) is 1. The highest BCUT2D eigenvalue weighted by molar-refractivity contribution is 7.92. The number of likely N-dealkylation sites (N-methyl/N-ethyl adjacent to an activating group) is 1. The van der Waals surface area contributed by atoms with Crippen LogP contribution in [0.5, 0.6) is 0 Å². The highest BCUT2D eigenvalue weighted by Gasteiger charge is 2.31. The van der Waals surface area contributed by atoms with Gasteiger partial charge in [0.2, 0.25) is 21.8 Å². The van der Waals surface area contributed by atoms with Gasteiger partial charge in [0, 0.05) is 23.1 Å². The van der Waals surface area contributed by atoms with Crippen molar-refractivity contribution in [3.05, 3.63) is 63.6 Å². The smallest absolute Gasteiger partial charge is 0.244 e. The molecule has 0 saturated heterocycles. The maximum atomic E-state index is 13.5. The lowest BCUT2D eigenvalue weighted by molar-refractivity contribution is -0.140. The Hall–Kier alpha value is -2.29. The van der Waals surface area contributed by atoms with Crippen LogP contribution in [0.4, 0.5) is 5.69 Å². The average molecular weight is 514 g/mol. The minimum atomic E-state index is -3.77. The van der Waals surface area contributed by atoms with Gasteiger partial charge in [-0.1, -0.05) is 48.3 Å². The average Bonchev–Trinajstić information content (AvgIpc) is 2.72. The van der Waals surface area contributed by atoms with Crippen molar-refractivity contribution in [3.63, 3.8) is 0 Å². The molecule has 0 saturated carbocycles. The fourth-order valence-corrected chi connectivity index (χ4v) is 4.75. The first-order chi connectivity index (χ1) is 15.5. The predicted octanol–water partition coefficient (Wildman–Crippen LogP) is 4.01. The minimum absolute atomic E-state index is 0.0237. The summed E-state index contributed by atoms with van der Waals surface area (Å²) in [5.41, 5.74) is 1.83. The second-order valence-electron chi connectivity index (χ2n) is 7.68. The first-order valence-electron chi connectivity index (χ1n) is 10.5. The molecule has 0 heterocycles. The minimum Gasteiger partial charge on any atom is -0.355 e. The Balaban J connectivity index is 2.46. The van der Waals surface area contributed by atoms with Gasteiger partial charge >= 0.3 is 0 Å². The van der Waals surface area contributed by atoms with Crippen LogP contribution in [0.15, 0.2) is 42.5 Å². The third-order valence-corrected chi connectivity index (χ3v) is 6.79. The third kappa shape index (κ3) is 7.35. The molecule has 0 aromatic heterocycles. The number of nitrogens with zero attached hydrogens (tertiary/aromatic N) is 2. The van der Waals surface area contributed by atoms with Crippen molar-refractivity contribution < 1.29 is 18.0 Å². The second kappa shape index (κ2) is 11.7. The van der Waals surface area contributed by atoms with Crippen molar-refractivity contribution in [1.29, 1.82) is 0 Å². The SMILES string of the molecule is CCNC(=O)C(CC)N(Cc1ccc(Cl)cc1Cl)C(=O)CN(c1cccc(C)c1)S(C)(=O)=O. The molecule has 0 spiro atoms. The quantitative estimate of drug-likeness (QED) is 0.519. The lowest BCUT2D eigenvalue weighted by atomic mass is 10.1. The maximum absolute atomic E-state index is 13.5. The van der Waals surface area contributed by atoms with Gasteiger partial charge in [0.05, 0.1) is 11.9 Å². The van der Waals surface area contributed by atoms with Crippen molar-refractivity contribution >= 4 is 50.7 Å². The normalized spacial score (nSPS) is 12.2. The molecule has 1 unspecified atom stereocenters. The number of rotatable bonds is 10. The van der Waals surface area contributed by atoms with Crippen LogP contribution in [-0.2, 0) is 26.2 Å². The fourth-order valence-electron chi connectivity index (χ4n) is 3.44. The molecule has 0 radical (unpaired) electrons. The molecule has 0 aliphatic rings. The van der Waals surface area contributed by atoms with E-state index in [1.54, 1.807) is 50.2 Å². The molecule has 7 nitrogen and oxygen atoms in total. The van der Waals surface area contributed by atoms with E-state index in [4.69, 9.17) is 23.2 Å². The lowest BCUT2D eigenvalue weighted by Crippen LogP contribution is -2.52. The van der Waals surface area contributed by atoms with Crippen molar-refractivity contribution in [2.24, 2.45) is 0 Å². The summed E-state index contributed by atoms with van der Waals surface area (Å²) in [6.45, 7) is 5.38. The molecular weight excluding hydrogens is 485 g/mol. The van der Waals surface area contributed by atoms with Gasteiger partial charge in [0.15, 0.2) is 0 Å². The van der Waals surface area contributed by atoms with E-state index in [-0.39, 0.29) is 12.5 Å². The summed E-state index contributed by atoms with van der Waals surface area (Å²) >= 11 is 12.3. The Morgan fingerprint density at radius 2 is 1.79 bits per heavy atom. The van der Waals surface area contributed by atoms with Crippen LogP contribution in [-0.4, -0.2) is 50.5 Å². The number of benzene rings is 2. The van der Waals surface area contributed by atoms with Crippen molar-refractivity contribution in [1.82, 2.24) is 10.2 Å². The molecule has 2 aromatic carbocycles. The van der Waals surface area contributed by atoms with Gasteiger partial charge in [0.25, 0.3) is 0 Å². The Morgan fingerprint density at radius 3 is 2.33 bits per heavy atom. The number of amides is 2. The first kappa shape index (κ1) is 27.0. The molecule has 10 heteroatoms. The number of carbonyl (C=O) groups is 2. The number of halogens is 2. The van der Waals surface area contributed by atoms with Gasteiger partial charge in [-0.25, -0.2) is 8.42 Å². The summed E-state index contributed by atoms with van der Waals surface area (Å²) in [4.78, 5) is 27.6. The monoisotopic (exact) mass is 513 g/mol. The van der Waals surface area contributed by atoms with E-state index in [2.05, 4.69) is 5.32 Å². The topological polar surface area (TPSA) is 86.8 Å². The Kier molecular flexibility index (Phi) is 9.57. The zero-order chi connectivity index (χ0) is 24.8. The zero-order valence-electron chi connectivity index (χ0n) is 19.1. The summed E-state index contributed by atoms with van der Waals surface area (Å²) in [6.07, 6.45) is 1.39. The fraction of sp³-hybridized carbons (Fsp3) is 0.391. The molecular formula is C23H29Cl2N3O4S. The van der Waals surface area contributed by atoms with E-state index in [1.165, 1.54) is 4.90 Å². The summed E-state index contributed by atoms with van der Waals surface area (Å²) in [5, 5.41) is 3.54. The third-order valence-electron chi connectivity index (χ3n) is 5.06. The molecule has 33 heavy (non-hydrogen) atoms. The van der Waals surface area contributed by atoms with E-state index in [1.807, 2.05) is 13.0 Å². The van der Waals surface area contributed by atoms with Gasteiger partial charge in [-0.3, -0.25) is 13.9 Å². The largest absolute Gasteiger partial charge is 0.355 e. The van der Waals surface area contributed by atoms with E-state index in [0.717, 1.165) is 16.1 Å². The van der Waals surface area contributed by atoms with Crippen molar-refractivity contribution in [2.75, 3.05) is 23.7 Å². The molecule has 0 bridgehead atoms. The van der Waals surface area contributed by atoms with E-state index in [0.29, 0.717) is 34.3 Å². The van der Waals surface area contributed by atoms with Crippen LogP contribution >= 0.6 is 23.2 Å². The Bertz CT molecular complexity index is 1110. The van der Waals surface area contributed by atoms with Crippen molar-refractivity contribution in [3.8, 4) is 0 Å². The Morgan fingerprint density at radius 1 is 1.09 bits per heavy atom. The van der Waals surface area contributed by atoms with Crippen LogP contribution in [0.25, 0.3) is 0 Å². The number of hydrogen-bond donors (Lipinski definition) is 1. The molecule has 2 rings (SSSR count). The molecule has 2 amide bonds.